The maximum Gasteiger partial charge on any atom is 0.126 e. The average Bonchev–Trinajstić information content (AvgIpc) is 2.80. The molecule has 2 aliphatic rings. The number of rotatable bonds is 2. The second-order valence-corrected chi connectivity index (χ2v) is 4.76. The third-order valence-electron chi connectivity index (χ3n) is 3.78. The van der Waals surface area contributed by atoms with Crippen molar-refractivity contribution in [3.8, 4) is 0 Å². The lowest BCUT2D eigenvalue weighted by molar-refractivity contribution is 0.0619. The van der Waals surface area contributed by atoms with E-state index in [0.717, 1.165) is 12.4 Å². The molecule has 3 nitrogen and oxygen atoms in total. The molecule has 0 aromatic carbocycles. The summed E-state index contributed by atoms with van der Waals surface area (Å²) in [5.74, 6) is 1.69. The Hall–Kier alpha value is -1.09. The minimum Gasteiger partial charge on any atom is -0.378 e. The van der Waals surface area contributed by atoms with E-state index in [4.69, 9.17) is 4.74 Å². The molecule has 3 rings (SSSR count). The Morgan fingerprint density at radius 3 is 3.12 bits per heavy atom. The molecule has 1 aromatic rings. The molecular formula is C13H18N2O. The lowest BCUT2D eigenvalue weighted by Crippen LogP contribution is -2.38. The van der Waals surface area contributed by atoms with Crippen molar-refractivity contribution < 1.29 is 4.74 Å². The fourth-order valence-electron chi connectivity index (χ4n) is 2.99. The fraction of sp³-hybridized carbons (Fsp3) is 0.615. The van der Waals surface area contributed by atoms with Crippen molar-refractivity contribution in [3.05, 3.63) is 24.4 Å². The van der Waals surface area contributed by atoms with Gasteiger partial charge < -0.3 is 10.1 Å². The maximum absolute atomic E-state index is 5.76. The van der Waals surface area contributed by atoms with E-state index in [-0.39, 0.29) is 0 Å². The Kier molecular flexibility index (Phi) is 2.79. The molecule has 1 aromatic heterocycles. The van der Waals surface area contributed by atoms with Crippen LogP contribution in [-0.4, -0.2) is 23.7 Å². The molecule has 86 valence electrons. The van der Waals surface area contributed by atoms with Crippen LogP contribution in [0.2, 0.25) is 0 Å². The lowest BCUT2D eigenvalue weighted by atomic mass is 9.82. The van der Waals surface area contributed by atoms with Crippen molar-refractivity contribution >= 4 is 5.82 Å². The number of pyridine rings is 1. The molecule has 0 radical (unpaired) electrons. The molecule has 1 N–H and O–H groups in total. The van der Waals surface area contributed by atoms with Gasteiger partial charge in [-0.1, -0.05) is 6.07 Å². The zero-order valence-electron chi connectivity index (χ0n) is 9.43. The SMILES string of the molecule is c1ccc(N[C@@H]2CCC[C@@H]3OCC[C@@H]32)nc1. The number of aromatic nitrogens is 1. The zero-order chi connectivity index (χ0) is 10.8. The Labute approximate surface area is 96.2 Å². The van der Waals surface area contributed by atoms with Gasteiger partial charge in [-0.15, -0.1) is 0 Å². The van der Waals surface area contributed by atoms with Crippen LogP contribution in [0.5, 0.6) is 0 Å². The molecule has 2 heterocycles. The van der Waals surface area contributed by atoms with Gasteiger partial charge in [0.2, 0.25) is 0 Å². The number of hydrogen-bond acceptors (Lipinski definition) is 3. The first-order valence-corrected chi connectivity index (χ1v) is 6.22. The van der Waals surface area contributed by atoms with E-state index in [1.807, 2.05) is 24.4 Å². The Morgan fingerprint density at radius 1 is 1.25 bits per heavy atom. The van der Waals surface area contributed by atoms with Gasteiger partial charge in [0.25, 0.3) is 0 Å². The van der Waals surface area contributed by atoms with Gasteiger partial charge in [-0.25, -0.2) is 4.98 Å². The van der Waals surface area contributed by atoms with Crippen LogP contribution in [0.4, 0.5) is 5.82 Å². The van der Waals surface area contributed by atoms with Crippen LogP contribution in [0.3, 0.4) is 0 Å². The van der Waals surface area contributed by atoms with Gasteiger partial charge in [0.05, 0.1) is 6.10 Å². The molecule has 16 heavy (non-hydrogen) atoms. The molecule has 1 aliphatic carbocycles. The van der Waals surface area contributed by atoms with Gasteiger partial charge in [-0.05, 0) is 37.8 Å². The minimum absolute atomic E-state index is 0.495. The summed E-state index contributed by atoms with van der Waals surface area (Å²) < 4.78 is 5.76. The summed E-state index contributed by atoms with van der Waals surface area (Å²) in [4.78, 5) is 4.34. The van der Waals surface area contributed by atoms with Crippen molar-refractivity contribution in [2.75, 3.05) is 11.9 Å². The maximum atomic E-state index is 5.76. The number of fused-ring (bicyclic) bond motifs is 1. The van der Waals surface area contributed by atoms with Crippen LogP contribution in [0.25, 0.3) is 0 Å². The summed E-state index contributed by atoms with van der Waals surface area (Å²) in [7, 11) is 0. The molecule has 0 spiro atoms. The first-order chi connectivity index (χ1) is 7.93. The number of nitrogens with zero attached hydrogens (tertiary/aromatic N) is 1. The molecule has 0 bridgehead atoms. The molecule has 1 saturated heterocycles. The largest absolute Gasteiger partial charge is 0.378 e. The van der Waals surface area contributed by atoms with E-state index < -0.39 is 0 Å². The van der Waals surface area contributed by atoms with Crippen LogP contribution in [0, 0.1) is 5.92 Å². The standard InChI is InChI=1S/C13H18N2O/c1-2-8-14-13(6-1)15-11-4-3-5-12-10(11)7-9-16-12/h1-2,6,8,10-12H,3-5,7,9H2,(H,14,15)/t10-,11-,12+/m1/s1. The van der Waals surface area contributed by atoms with Crippen molar-refractivity contribution in [2.24, 2.45) is 5.92 Å². The smallest absolute Gasteiger partial charge is 0.126 e. The molecular weight excluding hydrogens is 200 g/mol. The number of anilines is 1. The van der Waals surface area contributed by atoms with Gasteiger partial charge >= 0.3 is 0 Å². The minimum atomic E-state index is 0.495. The second kappa shape index (κ2) is 4.42. The van der Waals surface area contributed by atoms with Gasteiger partial charge in [-0.2, -0.15) is 0 Å². The fourth-order valence-corrected chi connectivity index (χ4v) is 2.99. The Bertz CT molecular complexity index is 341. The van der Waals surface area contributed by atoms with Crippen LogP contribution in [0.1, 0.15) is 25.7 Å². The van der Waals surface area contributed by atoms with E-state index >= 15 is 0 Å². The third kappa shape index (κ3) is 1.92. The van der Waals surface area contributed by atoms with Crippen LogP contribution >= 0.6 is 0 Å². The highest BCUT2D eigenvalue weighted by Gasteiger charge is 2.37. The normalized spacial score (nSPS) is 33.4. The number of ether oxygens (including phenoxy) is 1. The molecule has 0 amide bonds. The molecule has 1 aliphatic heterocycles. The predicted octanol–water partition coefficient (Wildman–Crippen LogP) is 2.45. The zero-order valence-corrected chi connectivity index (χ0v) is 9.43. The van der Waals surface area contributed by atoms with E-state index in [9.17, 15) is 0 Å². The number of hydrogen-bond donors (Lipinski definition) is 1. The summed E-state index contributed by atoms with van der Waals surface area (Å²) in [5.41, 5.74) is 0. The summed E-state index contributed by atoms with van der Waals surface area (Å²) in [6.45, 7) is 0.940. The molecule has 1 saturated carbocycles. The average molecular weight is 218 g/mol. The quantitative estimate of drug-likeness (QED) is 0.828. The van der Waals surface area contributed by atoms with Gasteiger partial charge in [0.1, 0.15) is 5.82 Å². The van der Waals surface area contributed by atoms with Gasteiger partial charge in [0.15, 0.2) is 0 Å². The van der Waals surface area contributed by atoms with E-state index in [1.54, 1.807) is 0 Å². The molecule has 3 heteroatoms. The first-order valence-electron chi connectivity index (χ1n) is 6.22. The summed E-state index contributed by atoms with van der Waals surface area (Å²) >= 11 is 0. The Balaban J connectivity index is 1.70. The highest BCUT2D eigenvalue weighted by atomic mass is 16.5. The van der Waals surface area contributed by atoms with Crippen molar-refractivity contribution in [2.45, 2.75) is 37.8 Å². The predicted molar refractivity (Wildman–Crippen MR) is 63.3 cm³/mol. The van der Waals surface area contributed by atoms with Gasteiger partial charge in [0, 0.05) is 24.8 Å². The first kappa shape index (κ1) is 10.1. The second-order valence-electron chi connectivity index (χ2n) is 4.76. The monoisotopic (exact) mass is 218 g/mol. The summed E-state index contributed by atoms with van der Waals surface area (Å²) in [6, 6.07) is 6.57. The van der Waals surface area contributed by atoms with E-state index in [1.165, 1.54) is 25.7 Å². The van der Waals surface area contributed by atoms with Crippen LogP contribution < -0.4 is 5.32 Å². The van der Waals surface area contributed by atoms with Crippen molar-refractivity contribution in [1.82, 2.24) is 4.98 Å². The molecule has 0 unspecified atom stereocenters. The molecule has 3 atom stereocenters. The van der Waals surface area contributed by atoms with E-state index in [0.29, 0.717) is 18.1 Å². The van der Waals surface area contributed by atoms with Crippen LogP contribution in [-0.2, 0) is 4.74 Å². The van der Waals surface area contributed by atoms with Crippen LogP contribution in [0.15, 0.2) is 24.4 Å². The highest BCUT2D eigenvalue weighted by molar-refractivity contribution is 5.35. The Morgan fingerprint density at radius 2 is 2.25 bits per heavy atom. The number of nitrogens with one attached hydrogen (secondary N) is 1. The van der Waals surface area contributed by atoms with Gasteiger partial charge in [-0.3, -0.25) is 0 Å². The van der Waals surface area contributed by atoms with Crippen molar-refractivity contribution in [3.63, 3.8) is 0 Å². The lowest BCUT2D eigenvalue weighted by Gasteiger charge is -2.33. The highest BCUT2D eigenvalue weighted by Crippen LogP contribution is 2.35. The summed E-state index contributed by atoms with van der Waals surface area (Å²) in [5, 5.41) is 3.56. The van der Waals surface area contributed by atoms with E-state index in [2.05, 4.69) is 10.3 Å². The van der Waals surface area contributed by atoms with Crippen molar-refractivity contribution in [1.29, 1.82) is 0 Å². The molecule has 2 fully saturated rings. The summed E-state index contributed by atoms with van der Waals surface area (Å²) in [6.07, 6.45) is 7.30. The topological polar surface area (TPSA) is 34.1 Å². The third-order valence-corrected chi connectivity index (χ3v) is 3.78.